The highest BCUT2D eigenvalue weighted by atomic mass is 16.5. The first kappa shape index (κ1) is 13.0. The van der Waals surface area contributed by atoms with Crippen LogP contribution in [-0.4, -0.2) is 23.6 Å². The second-order valence-electron chi connectivity index (χ2n) is 4.85. The molecule has 0 spiro atoms. The lowest BCUT2D eigenvalue weighted by molar-refractivity contribution is -0.133. The molecule has 0 saturated carbocycles. The molecule has 0 bridgehead atoms. The van der Waals surface area contributed by atoms with Crippen LogP contribution in [0.3, 0.4) is 0 Å². The maximum atomic E-state index is 12.0. The first-order valence-corrected chi connectivity index (χ1v) is 6.47. The molecule has 1 aliphatic heterocycles. The predicted molar refractivity (Wildman–Crippen MR) is 69.0 cm³/mol. The number of amides is 1. The smallest absolute Gasteiger partial charge is 0.225 e. The highest BCUT2D eigenvalue weighted by Gasteiger charge is 2.28. The van der Waals surface area contributed by atoms with Gasteiger partial charge < -0.3 is 10.1 Å². The third-order valence-electron chi connectivity index (χ3n) is 3.38. The molecule has 0 aromatic carbocycles. The zero-order chi connectivity index (χ0) is 13.0. The minimum absolute atomic E-state index is 0.0165. The summed E-state index contributed by atoms with van der Waals surface area (Å²) in [5.41, 5.74) is 2.01. The van der Waals surface area contributed by atoms with Crippen molar-refractivity contribution < 1.29 is 9.53 Å². The van der Waals surface area contributed by atoms with E-state index in [1.54, 1.807) is 6.20 Å². The van der Waals surface area contributed by atoms with Gasteiger partial charge in [-0.05, 0) is 38.3 Å². The molecule has 1 aromatic heterocycles. The fraction of sp³-hybridized carbons (Fsp3) is 0.571. The van der Waals surface area contributed by atoms with E-state index in [0.29, 0.717) is 6.54 Å². The molecule has 0 unspecified atom stereocenters. The Kier molecular flexibility index (Phi) is 4.31. The van der Waals surface area contributed by atoms with Crippen LogP contribution in [0.1, 0.15) is 31.0 Å². The number of ether oxygens (including phenoxy) is 1. The van der Waals surface area contributed by atoms with Gasteiger partial charge in [-0.1, -0.05) is 6.07 Å². The standard InChI is InChI=1S/C14H20N2O2/c1-10-5-6-12(8-15-10)9-16-14(17)13-4-3-7-18-11(13)2/h5-6,8,11,13H,3-4,7,9H2,1-2H3,(H,16,17)/t11-,13-/m0/s1. The van der Waals surface area contributed by atoms with Crippen LogP contribution in [0.25, 0.3) is 0 Å². The maximum absolute atomic E-state index is 12.0. The molecular formula is C14H20N2O2. The zero-order valence-electron chi connectivity index (χ0n) is 11.0. The number of aromatic nitrogens is 1. The first-order valence-electron chi connectivity index (χ1n) is 6.47. The molecule has 4 nitrogen and oxygen atoms in total. The van der Waals surface area contributed by atoms with Crippen molar-refractivity contribution in [3.05, 3.63) is 29.6 Å². The third kappa shape index (κ3) is 3.29. The predicted octanol–water partition coefficient (Wildman–Crippen LogP) is 1.82. The average molecular weight is 248 g/mol. The summed E-state index contributed by atoms with van der Waals surface area (Å²) in [4.78, 5) is 16.2. The lowest BCUT2D eigenvalue weighted by atomic mass is 9.94. The minimum Gasteiger partial charge on any atom is -0.378 e. The number of carbonyl (C=O) groups is 1. The number of pyridine rings is 1. The molecule has 1 saturated heterocycles. The Bertz CT molecular complexity index is 403. The van der Waals surface area contributed by atoms with Crippen molar-refractivity contribution >= 4 is 5.91 Å². The average Bonchev–Trinajstić information content (AvgIpc) is 2.38. The van der Waals surface area contributed by atoms with Crippen LogP contribution in [-0.2, 0) is 16.1 Å². The second kappa shape index (κ2) is 5.96. The number of nitrogens with one attached hydrogen (secondary N) is 1. The highest BCUT2D eigenvalue weighted by molar-refractivity contribution is 5.79. The van der Waals surface area contributed by atoms with Crippen molar-refractivity contribution in [2.24, 2.45) is 5.92 Å². The van der Waals surface area contributed by atoms with Gasteiger partial charge in [-0.15, -0.1) is 0 Å². The summed E-state index contributed by atoms with van der Waals surface area (Å²) >= 11 is 0. The van der Waals surface area contributed by atoms with E-state index >= 15 is 0 Å². The number of carbonyl (C=O) groups excluding carboxylic acids is 1. The normalized spacial score (nSPS) is 23.7. The minimum atomic E-state index is -0.0165. The molecule has 1 aliphatic rings. The number of aryl methyl sites for hydroxylation is 1. The van der Waals surface area contributed by atoms with Gasteiger partial charge in [-0.25, -0.2) is 0 Å². The van der Waals surface area contributed by atoms with Gasteiger partial charge in [0.1, 0.15) is 0 Å². The van der Waals surface area contributed by atoms with E-state index in [1.165, 1.54) is 0 Å². The van der Waals surface area contributed by atoms with E-state index in [-0.39, 0.29) is 17.9 Å². The van der Waals surface area contributed by atoms with E-state index < -0.39 is 0 Å². The summed E-state index contributed by atoms with van der Waals surface area (Å²) in [6.45, 7) is 5.22. The van der Waals surface area contributed by atoms with E-state index in [1.807, 2.05) is 26.0 Å². The largest absolute Gasteiger partial charge is 0.378 e. The van der Waals surface area contributed by atoms with Gasteiger partial charge in [0.2, 0.25) is 5.91 Å². The summed E-state index contributed by atoms with van der Waals surface area (Å²) < 4.78 is 5.51. The van der Waals surface area contributed by atoms with Gasteiger partial charge in [-0.3, -0.25) is 9.78 Å². The monoisotopic (exact) mass is 248 g/mol. The van der Waals surface area contributed by atoms with Crippen molar-refractivity contribution in [3.8, 4) is 0 Å². The Hall–Kier alpha value is -1.42. The zero-order valence-corrected chi connectivity index (χ0v) is 11.0. The molecule has 98 valence electrons. The summed E-state index contributed by atoms with van der Waals surface area (Å²) in [6, 6.07) is 3.94. The second-order valence-corrected chi connectivity index (χ2v) is 4.85. The number of rotatable bonds is 3. The number of hydrogen-bond acceptors (Lipinski definition) is 3. The van der Waals surface area contributed by atoms with Gasteiger partial charge in [-0.2, -0.15) is 0 Å². The molecular weight excluding hydrogens is 228 g/mol. The molecule has 4 heteroatoms. The van der Waals surface area contributed by atoms with Crippen LogP contribution in [0.15, 0.2) is 18.3 Å². The Morgan fingerprint density at radius 2 is 2.39 bits per heavy atom. The molecule has 1 fully saturated rings. The van der Waals surface area contributed by atoms with Crippen LogP contribution in [0, 0.1) is 12.8 Å². The van der Waals surface area contributed by atoms with Crippen molar-refractivity contribution in [1.82, 2.24) is 10.3 Å². The van der Waals surface area contributed by atoms with Crippen molar-refractivity contribution in [2.45, 2.75) is 39.3 Å². The Morgan fingerprint density at radius 1 is 1.56 bits per heavy atom. The van der Waals surface area contributed by atoms with Crippen molar-refractivity contribution in [1.29, 1.82) is 0 Å². The fourth-order valence-corrected chi connectivity index (χ4v) is 2.19. The Morgan fingerprint density at radius 3 is 3.06 bits per heavy atom. The Balaban J connectivity index is 1.85. The van der Waals surface area contributed by atoms with Crippen LogP contribution in [0.5, 0.6) is 0 Å². The summed E-state index contributed by atoms with van der Waals surface area (Å²) in [6.07, 6.45) is 3.71. The van der Waals surface area contributed by atoms with E-state index in [0.717, 1.165) is 30.7 Å². The van der Waals surface area contributed by atoms with Crippen LogP contribution < -0.4 is 5.32 Å². The lowest BCUT2D eigenvalue weighted by Gasteiger charge is -2.28. The molecule has 2 atom stereocenters. The van der Waals surface area contributed by atoms with Gasteiger partial charge in [0, 0.05) is 25.0 Å². The molecule has 1 amide bonds. The highest BCUT2D eigenvalue weighted by Crippen LogP contribution is 2.20. The van der Waals surface area contributed by atoms with Crippen LogP contribution in [0.2, 0.25) is 0 Å². The van der Waals surface area contributed by atoms with Crippen LogP contribution in [0.4, 0.5) is 0 Å². The fourth-order valence-electron chi connectivity index (χ4n) is 2.19. The molecule has 0 aliphatic carbocycles. The molecule has 2 rings (SSSR count). The van der Waals surface area contributed by atoms with E-state index in [4.69, 9.17) is 4.74 Å². The van der Waals surface area contributed by atoms with Gasteiger partial charge in [0.15, 0.2) is 0 Å². The van der Waals surface area contributed by atoms with Gasteiger partial charge >= 0.3 is 0 Å². The molecule has 1 N–H and O–H groups in total. The SMILES string of the molecule is Cc1ccc(CNC(=O)[C@H]2CCCO[C@H]2C)cn1. The van der Waals surface area contributed by atoms with Crippen LogP contribution >= 0.6 is 0 Å². The van der Waals surface area contributed by atoms with E-state index in [2.05, 4.69) is 10.3 Å². The topological polar surface area (TPSA) is 51.2 Å². The quantitative estimate of drug-likeness (QED) is 0.887. The summed E-state index contributed by atoms with van der Waals surface area (Å²) in [5, 5.41) is 2.96. The van der Waals surface area contributed by atoms with Gasteiger partial charge in [0.25, 0.3) is 0 Å². The third-order valence-corrected chi connectivity index (χ3v) is 3.38. The van der Waals surface area contributed by atoms with Gasteiger partial charge in [0.05, 0.1) is 12.0 Å². The number of hydrogen-bond donors (Lipinski definition) is 1. The Labute approximate surface area is 108 Å². The van der Waals surface area contributed by atoms with Crippen molar-refractivity contribution in [3.63, 3.8) is 0 Å². The maximum Gasteiger partial charge on any atom is 0.225 e. The first-order chi connectivity index (χ1) is 8.66. The summed E-state index contributed by atoms with van der Waals surface area (Å²) in [5.74, 6) is 0.0694. The number of nitrogens with zero attached hydrogens (tertiary/aromatic N) is 1. The molecule has 2 heterocycles. The van der Waals surface area contributed by atoms with Crippen molar-refractivity contribution in [2.75, 3.05) is 6.61 Å². The lowest BCUT2D eigenvalue weighted by Crippen LogP contribution is -2.39. The molecule has 0 radical (unpaired) electrons. The summed E-state index contributed by atoms with van der Waals surface area (Å²) in [7, 11) is 0. The van der Waals surface area contributed by atoms with E-state index in [9.17, 15) is 4.79 Å². The molecule has 1 aromatic rings. The molecule has 18 heavy (non-hydrogen) atoms.